The van der Waals surface area contributed by atoms with Crippen LogP contribution in [0.2, 0.25) is 0 Å². The summed E-state index contributed by atoms with van der Waals surface area (Å²) in [6, 6.07) is 0.430. The molecule has 3 heterocycles. The molecular weight excluding hydrogens is 1560 g/mol. The molecule has 0 fully saturated rings. The van der Waals surface area contributed by atoms with Crippen molar-refractivity contribution in [2.24, 2.45) is 0 Å². The molecule has 129 heavy (non-hydrogen) atoms. The average molecular weight is 1690 g/mol. The zero-order chi connectivity index (χ0) is 132. The van der Waals surface area contributed by atoms with Gasteiger partial charge in [-0.15, -0.1) is 0 Å². The van der Waals surface area contributed by atoms with Crippen LogP contribution in [-0.2, 0) is 0 Å². The highest BCUT2D eigenvalue weighted by Crippen LogP contribution is 2.52. The molecule has 0 N–H and O–H groups in total. The van der Waals surface area contributed by atoms with Crippen molar-refractivity contribution in [2.45, 2.75) is 0 Å². The third-order valence-electron chi connectivity index (χ3n) is 23.1. The maximum atomic E-state index is 9.82. The number of fused-ring (bicyclic) bond motifs is 24. The van der Waals surface area contributed by atoms with Gasteiger partial charge >= 0.3 is 0 Å². The van der Waals surface area contributed by atoms with Crippen molar-refractivity contribution in [3.63, 3.8) is 0 Å². The van der Waals surface area contributed by atoms with Gasteiger partial charge in [-0.3, -0.25) is 0 Å². The fourth-order valence-corrected chi connectivity index (χ4v) is 17.7. The highest BCUT2D eigenvalue weighted by molar-refractivity contribution is 6.29. The van der Waals surface area contributed by atoms with E-state index in [4.69, 9.17) is 59.9 Å². The zero-order valence-electron chi connectivity index (χ0n) is 120. The van der Waals surface area contributed by atoms with Crippen LogP contribution in [0.15, 0.2) is 473 Å². The molecule has 3 heteroatoms. The van der Waals surface area contributed by atoms with E-state index in [2.05, 4.69) is 0 Å². The zero-order valence-corrected chi connectivity index (χ0v) is 65.9. The quantitative estimate of drug-likeness (QED) is 0.149. The number of benzene rings is 25. The van der Waals surface area contributed by atoms with Gasteiger partial charge in [0, 0.05) is 32.3 Å². The van der Waals surface area contributed by atoms with Gasteiger partial charge in [-0.05, 0) is 274 Å². The maximum absolute atomic E-state index is 9.82. The summed E-state index contributed by atoms with van der Waals surface area (Å²) in [4.78, 5) is 0. The molecule has 0 spiro atoms. The Kier molecular flexibility index (Phi) is 8.77. The summed E-state index contributed by atoms with van der Waals surface area (Å²) >= 11 is 0. The standard InChI is InChI=1S/C46H28O.2C40H24O/c1-2-13-31-27-34(24-23-29(31)11-1)44-39-19-7-5-17-37(39)43(38-18-6-8-20-40(38)44)33-15-9-14-32(28-33)36-21-10-22-41-46(36)45-35-16-4-3-12-30(35)25-26-42(45)47-41;1-3-13-28-25(10-1)12-9-19-30(28)39-33-17-7-5-15-31(33)38(32-16-6-8-18-34(32)39)27-21-22-36-35(24-27)40-29-14-4-2-11-26(29)20-23-37(40)41-36;1-2-11-27-23-28(18-17-25(27)9-1)38-31-13-5-7-15-33(31)39(34-16-8-6-14-32(34)38)29-20-21-36-35(24-29)40-30-12-4-3-10-26(30)19-22-37(40)41-36/h1-28H;2*1-24H/i1D,2D,5D,6D,7D,8D,11D,13D,17D,18D,19D,20D,23D,24D,27D;1D,2D,3D,4D,5D,6D,7D,8D,9D,10D,11D,12D,13D,14D,15D,16D,17D,18D,19D,20D,21D,22D,23D,24D;1D,2D,5D,6D,7D,8D,9D,11D,13D,14D,15D,16D,17D,18D,23D. The van der Waals surface area contributed by atoms with Gasteiger partial charge in [0.1, 0.15) is 33.5 Å². The first kappa shape index (κ1) is 37.8. The molecule has 0 bridgehead atoms. The van der Waals surface area contributed by atoms with Crippen LogP contribution in [0.25, 0.3) is 273 Å². The van der Waals surface area contributed by atoms with Crippen molar-refractivity contribution in [1.82, 2.24) is 0 Å². The lowest BCUT2D eigenvalue weighted by Gasteiger charge is -2.18. The van der Waals surface area contributed by atoms with Crippen LogP contribution in [0.5, 0.6) is 0 Å². The van der Waals surface area contributed by atoms with E-state index in [-0.39, 0.29) is 70.7 Å². The van der Waals surface area contributed by atoms with Crippen LogP contribution in [-0.4, -0.2) is 0 Å². The van der Waals surface area contributed by atoms with Crippen molar-refractivity contribution in [2.75, 3.05) is 0 Å². The fraction of sp³-hybridized carbons (Fsp3) is 0. The predicted octanol–water partition coefficient (Wildman–Crippen LogP) is 36.3. The molecular formula is C126H76O3. The lowest BCUT2D eigenvalue weighted by atomic mass is 9.84. The predicted molar refractivity (Wildman–Crippen MR) is 549 cm³/mol. The summed E-state index contributed by atoms with van der Waals surface area (Å²) in [5, 5.41) is -2.29. The normalized spacial score (nSPS) is 17.7. The Hall–Kier alpha value is -17.0. The Labute approximate surface area is 817 Å². The lowest BCUT2D eigenvalue weighted by Crippen LogP contribution is -1.91. The van der Waals surface area contributed by atoms with Crippen molar-refractivity contribution < 1.29 is 87.3 Å². The highest BCUT2D eigenvalue weighted by atomic mass is 16.3. The summed E-state index contributed by atoms with van der Waals surface area (Å²) < 4.78 is 501. The van der Waals surface area contributed by atoms with Gasteiger partial charge in [0.25, 0.3) is 0 Å². The molecule has 0 aliphatic rings. The van der Waals surface area contributed by atoms with Crippen molar-refractivity contribution in [1.29, 1.82) is 0 Å². The van der Waals surface area contributed by atoms with Gasteiger partial charge < -0.3 is 13.3 Å². The minimum absolute atomic E-state index is 0.0288. The van der Waals surface area contributed by atoms with Crippen LogP contribution in [0.1, 0.15) is 74.0 Å². The van der Waals surface area contributed by atoms with Crippen LogP contribution < -0.4 is 0 Å². The molecule has 25 aromatic carbocycles. The summed E-state index contributed by atoms with van der Waals surface area (Å²) in [6.07, 6.45) is 0. The number of hydrogen-bond acceptors (Lipinski definition) is 3. The third kappa shape index (κ3) is 12.0. The topological polar surface area (TPSA) is 39.4 Å². The summed E-state index contributed by atoms with van der Waals surface area (Å²) in [6.45, 7) is 0. The summed E-state index contributed by atoms with van der Waals surface area (Å²) in [5.41, 5.74) is -1.04. The van der Waals surface area contributed by atoms with Crippen LogP contribution in [0, 0.1) is 0 Å². The fourth-order valence-electron chi connectivity index (χ4n) is 17.7. The van der Waals surface area contributed by atoms with Gasteiger partial charge in [0.15, 0.2) is 0 Å². The van der Waals surface area contributed by atoms with E-state index >= 15 is 0 Å². The molecule has 3 aromatic heterocycles. The van der Waals surface area contributed by atoms with E-state index in [1.807, 2.05) is 97.1 Å². The van der Waals surface area contributed by atoms with E-state index in [0.29, 0.717) is 44.4 Å². The molecule has 0 radical (unpaired) electrons. The second kappa shape index (κ2) is 29.9. The molecule has 0 amide bonds. The molecule has 28 rings (SSSR count). The first-order valence-electron chi connectivity index (χ1n) is 67.0. The minimum Gasteiger partial charge on any atom is -0.456 e. The molecule has 598 valence electrons. The van der Waals surface area contributed by atoms with E-state index in [1.165, 1.54) is 0 Å². The SMILES string of the molecule is [2H]c1c(-c2c3c([2H])c([2H])c([2H])c([2H])c3c(-c3c([2H])c([2H])c([2H])c4c([2H])c([2H])c([2H])c([2H])c34)c3c([2H])c([2H])c([2H])c([2H])c23)c([2H])c2c(oc3c([2H])c([2H])c4c([2H])c([2H])c([2H])c([2H])c4c32)c1[2H].[2H]c1c([2H])c([2H])c2c([2H])c(-c3c4c([2H])c([2H])c([2H])c([2H])c4c(-c4ccc5oc6ccc7ccccc7c6c5c4)c4c([2H])c([2H])c([2H])c([2H])c34)c([2H])c([2H])c2c1[2H].[2H]c1c([2H])c([2H])c2c([2H])c(-c3c4c([2H])c([2H])c([2H])c([2H])c4c(-c4cccc(-c5cccc6oc7ccc8ccccc8c7c56)c4)c4c([2H])c([2H])c([2H])c([2H])c34)c([2H])c([2H])c2c1[2H]. The second-order valence-corrected chi connectivity index (χ2v) is 30.0. The van der Waals surface area contributed by atoms with Crippen LogP contribution >= 0.6 is 0 Å². The van der Waals surface area contributed by atoms with Gasteiger partial charge in [-0.1, -0.05) is 393 Å². The second-order valence-electron chi connectivity index (χ2n) is 30.0. The molecule has 3 nitrogen and oxygen atoms in total. The number of rotatable bonds is 7. The van der Waals surface area contributed by atoms with Gasteiger partial charge in [-0.25, -0.2) is 0 Å². The largest absolute Gasteiger partial charge is 0.456 e. The Balaban J connectivity index is 0.000000132. The highest BCUT2D eigenvalue weighted by Gasteiger charge is 2.25. The molecule has 28 aromatic rings. The Morgan fingerprint density at radius 3 is 1.06 bits per heavy atom. The van der Waals surface area contributed by atoms with Gasteiger partial charge in [0.2, 0.25) is 0 Å². The summed E-state index contributed by atoms with van der Waals surface area (Å²) in [5.74, 6) is 0. The average Bonchev–Trinajstić information content (AvgIpc) is 1.39. The minimum atomic E-state index is -0.946. The van der Waals surface area contributed by atoms with E-state index in [0.717, 1.165) is 43.3 Å². The maximum Gasteiger partial charge on any atom is 0.136 e. The monoisotopic (exact) mass is 1690 g/mol. The number of hydrogen-bond donors (Lipinski definition) is 0. The molecule has 0 saturated carbocycles. The smallest absolute Gasteiger partial charge is 0.136 e. The van der Waals surface area contributed by atoms with Crippen molar-refractivity contribution in [3.05, 3.63) is 460 Å². The van der Waals surface area contributed by atoms with E-state index in [9.17, 15) is 27.4 Å². The first-order valence-corrected chi connectivity index (χ1v) is 40.0. The van der Waals surface area contributed by atoms with Crippen LogP contribution in [0.3, 0.4) is 0 Å². The molecule has 0 atom stereocenters. The lowest BCUT2D eigenvalue weighted by molar-refractivity contribution is 0.669. The summed E-state index contributed by atoms with van der Waals surface area (Å²) in [7, 11) is 0. The molecule has 0 saturated heterocycles. The first-order chi connectivity index (χ1) is 86.5. The Morgan fingerprint density at radius 1 is 0.147 bits per heavy atom. The van der Waals surface area contributed by atoms with Crippen molar-refractivity contribution in [3.8, 4) is 77.9 Å². The molecule has 0 aliphatic heterocycles. The third-order valence-corrected chi connectivity index (χ3v) is 23.1. The van der Waals surface area contributed by atoms with E-state index in [1.54, 1.807) is 36.4 Å². The Morgan fingerprint density at radius 2 is 0.512 bits per heavy atom. The van der Waals surface area contributed by atoms with Crippen molar-refractivity contribution >= 4 is 195 Å². The van der Waals surface area contributed by atoms with Crippen LogP contribution in [0.4, 0.5) is 0 Å². The Bertz CT molecular complexity index is 12800. The molecule has 0 unspecified atom stereocenters. The molecule has 0 aliphatic carbocycles. The van der Waals surface area contributed by atoms with E-state index < -0.39 is 441 Å². The van der Waals surface area contributed by atoms with Gasteiger partial charge in [-0.2, -0.15) is 0 Å². The number of furan rings is 3. The van der Waals surface area contributed by atoms with Gasteiger partial charge in [0.05, 0.1) is 74.0 Å².